The van der Waals surface area contributed by atoms with Crippen LogP contribution >= 0.6 is 11.3 Å². The van der Waals surface area contributed by atoms with Crippen molar-refractivity contribution in [2.45, 2.75) is 51.2 Å². The Hall–Kier alpha value is -2.55. The predicted molar refractivity (Wildman–Crippen MR) is 130 cm³/mol. The fourth-order valence-electron chi connectivity index (χ4n) is 3.43. The van der Waals surface area contributed by atoms with Crippen LogP contribution in [0.25, 0.3) is 0 Å². The first-order valence-corrected chi connectivity index (χ1v) is 12.9. The monoisotopic (exact) mass is 488 g/mol. The van der Waals surface area contributed by atoms with Gasteiger partial charge >= 0.3 is 0 Å². The second-order valence-corrected chi connectivity index (χ2v) is 12.1. The highest BCUT2D eigenvalue weighted by molar-refractivity contribution is 7.89. The number of thiophene rings is 1. The molecule has 0 fully saturated rings. The van der Waals surface area contributed by atoms with Crippen molar-refractivity contribution in [1.82, 2.24) is 9.21 Å². The van der Waals surface area contributed by atoms with Crippen molar-refractivity contribution in [3.05, 3.63) is 87.9 Å². The zero-order valence-corrected chi connectivity index (χ0v) is 20.9. The molecule has 0 bridgehead atoms. The molecule has 3 aromatic rings. The van der Waals surface area contributed by atoms with Gasteiger partial charge in [0.15, 0.2) is 0 Å². The molecule has 33 heavy (non-hydrogen) atoms. The van der Waals surface area contributed by atoms with Crippen LogP contribution in [0.5, 0.6) is 0 Å². The quantitative estimate of drug-likeness (QED) is 0.437. The summed E-state index contributed by atoms with van der Waals surface area (Å²) in [6.07, 6.45) is 0. The lowest BCUT2D eigenvalue weighted by Crippen LogP contribution is -2.50. The summed E-state index contributed by atoms with van der Waals surface area (Å²) in [7, 11) is -4.02. The second kappa shape index (κ2) is 10.2. The summed E-state index contributed by atoms with van der Waals surface area (Å²) in [4.78, 5) is 17.3. The number of amides is 1. The number of sulfonamides is 1. The maximum Gasteiger partial charge on any atom is 0.244 e. The topological polar surface area (TPSA) is 57.7 Å². The van der Waals surface area contributed by atoms with Crippen LogP contribution in [0.4, 0.5) is 4.39 Å². The van der Waals surface area contributed by atoms with Crippen LogP contribution in [-0.4, -0.2) is 35.6 Å². The van der Waals surface area contributed by atoms with Gasteiger partial charge in [-0.15, -0.1) is 11.3 Å². The van der Waals surface area contributed by atoms with Gasteiger partial charge in [0, 0.05) is 21.8 Å². The van der Waals surface area contributed by atoms with Gasteiger partial charge in [-0.05, 0) is 69.7 Å². The summed E-state index contributed by atoms with van der Waals surface area (Å²) in [5, 5.41) is 0. The number of aryl methyl sites for hydroxylation is 1. The van der Waals surface area contributed by atoms with Crippen LogP contribution < -0.4 is 0 Å². The maximum absolute atomic E-state index is 13.5. The third-order valence-electron chi connectivity index (χ3n) is 5.14. The number of carbonyl (C=O) groups excluding carboxylic acids is 1. The van der Waals surface area contributed by atoms with Gasteiger partial charge in [-0.2, -0.15) is 4.31 Å². The molecular weight excluding hydrogens is 459 g/mol. The molecule has 0 atom stereocenters. The fraction of sp³-hybridized carbons (Fsp3) is 0.320. The molecule has 0 N–H and O–H groups in total. The molecule has 0 saturated carbocycles. The molecule has 2 aromatic carbocycles. The van der Waals surface area contributed by atoms with E-state index < -0.39 is 21.4 Å². The minimum atomic E-state index is -4.02. The summed E-state index contributed by atoms with van der Waals surface area (Å²) in [5.74, 6) is -0.821. The smallest absolute Gasteiger partial charge is 0.244 e. The molecule has 0 aliphatic carbocycles. The van der Waals surface area contributed by atoms with Gasteiger partial charge in [0.2, 0.25) is 15.9 Å². The Morgan fingerprint density at radius 3 is 2.12 bits per heavy atom. The highest BCUT2D eigenvalue weighted by atomic mass is 32.2. The van der Waals surface area contributed by atoms with Crippen molar-refractivity contribution in [3.63, 3.8) is 0 Å². The highest BCUT2D eigenvalue weighted by Gasteiger charge is 2.36. The molecular formula is C25H29FN2O3S2. The summed E-state index contributed by atoms with van der Waals surface area (Å²) in [6, 6.07) is 18.3. The van der Waals surface area contributed by atoms with E-state index in [1.165, 1.54) is 16.4 Å². The average Bonchev–Trinajstić information content (AvgIpc) is 3.16. The van der Waals surface area contributed by atoms with E-state index in [1.807, 2.05) is 49.4 Å². The minimum absolute atomic E-state index is 0.0462. The Balaban J connectivity index is 1.91. The molecule has 1 aromatic heterocycles. The number of nitrogens with zero attached hydrogens (tertiary/aromatic N) is 2. The van der Waals surface area contributed by atoms with Crippen molar-refractivity contribution in [2.75, 3.05) is 6.54 Å². The number of hydrogen-bond donors (Lipinski definition) is 0. The van der Waals surface area contributed by atoms with Crippen LogP contribution in [0.1, 0.15) is 36.1 Å². The van der Waals surface area contributed by atoms with Crippen molar-refractivity contribution < 1.29 is 17.6 Å². The van der Waals surface area contributed by atoms with Gasteiger partial charge in [0.25, 0.3) is 0 Å². The molecule has 0 spiro atoms. The first-order chi connectivity index (χ1) is 15.5. The molecule has 0 radical (unpaired) electrons. The third-order valence-corrected chi connectivity index (χ3v) is 8.25. The van der Waals surface area contributed by atoms with Crippen LogP contribution in [-0.2, 0) is 27.9 Å². The maximum atomic E-state index is 13.5. The predicted octanol–water partition coefficient (Wildman–Crippen LogP) is 5.21. The lowest BCUT2D eigenvalue weighted by Gasteiger charge is -2.35. The van der Waals surface area contributed by atoms with E-state index in [4.69, 9.17) is 0 Å². The Bertz CT molecular complexity index is 1180. The molecule has 8 heteroatoms. The van der Waals surface area contributed by atoms with Crippen molar-refractivity contribution in [2.24, 2.45) is 0 Å². The SMILES string of the molecule is Cc1ccc(CN(Cc2ccccc2)C(=O)CN(C(C)(C)C)S(=O)(=O)c2ccc(F)cc2)s1. The van der Waals surface area contributed by atoms with E-state index in [0.29, 0.717) is 13.1 Å². The lowest BCUT2D eigenvalue weighted by molar-refractivity contribution is -0.133. The molecule has 3 rings (SSSR count). The van der Waals surface area contributed by atoms with E-state index in [-0.39, 0.29) is 17.3 Å². The Kier molecular flexibility index (Phi) is 7.72. The highest BCUT2D eigenvalue weighted by Crippen LogP contribution is 2.26. The summed E-state index contributed by atoms with van der Waals surface area (Å²) >= 11 is 1.61. The van der Waals surface area contributed by atoms with E-state index in [0.717, 1.165) is 27.5 Å². The van der Waals surface area contributed by atoms with E-state index >= 15 is 0 Å². The third kappa shape index (κ3) is 6.50. The Morgan fingerprint density at radius 1 is 0.939 bits per heavy atom. The molecule has 5 nitrogen and oxygen atoms in total. The largest absolute Gasteiger partial charge is 0.332 e. The van der Waals surface area contributed by atoms with Gasteiger partial charge in [0.1, 0.15) is 5.82 Å². The van der Waals surface area contributed by atoms with Crippen LogP contribution in [0.2, 0.25) is 0 Å². The number of benzene rings is 2. The normalized spacial score (nSPS) is 12.2. The average molecular weight is 489 g/mol. The minimum Gasteiger partial charge on any atom is -0.332 e. The van der Waals surface area contributed by atoms with Crippen molar-refractivity contribution in [3.8, 4) is 0 Å². The zero-order valence-electron chi connectivity index (χ0n) is 19.3. The van der Waals surface area contributed by atoms with Crippen LogP contribution in [0.3, 0.4) is 0 Å². The molecule has 0 aliphatic rings. The zero-order chi connectivity index (χ0) is 24.2. The molecule has 1 heterocycles. The van der Waals surface area contributed by atoms with Gasteiger partial charge in [-0.3, -0.25) is 4.79 Å². The van der Waals surface area contributed by atoms with E-state index in [1.54, 1.807) is 37.0 Å². The standard InChI is InChI=1S/C25H29FN2O3S2/c1-19-10-13-22(32-19)17-27(16-20-8-6-5-7-9-20)24(29)18-28(25(2,3)4)33(30,31)23-14-11-21(26)12-15-23/h5-15H,16-18H2,1-4H3. The van der Waals surface area contributed by atoms with E-state index in [9.17, 15) is 17.6 Å². The number of hydrogen-bond acceptors (Lipinski definition) is 4. The summed E-state index contributed by atoms with van der Waals surface area (Å²) in [6.45, 7) is 7.67. The van der Waals surface area contributed by atoms with Crippen LogP contribution in [0, 0.1) is 12.7 Å². The molecule has 0 saturated heterocycles. The fourth-order valence-corrected chi connectivity index (χ4v) is 6.08. The lowest BCUT2D eigenvalue weighted by atomic mass is 10.1. The molecule has 176 valence electrons. The Labute approximate surface area is 199 Å². The second-order valence-electron chi connectivity index (χ2n) is 8.88. The van der Waals surface area contributed by atoms with Gasteiger partial charge in [0.05, 0.1) is 18.0 Å². The first-order valence-electron chi connectivity index (χ1n) is 10.6. The van der Waals surface area contributed by atoms with Crippen LogP contribution in [0.15, 0.2) is 71.6 Å². The number of halogens is 1. The molecule has 0 unspecified atom stereocenters. The Morgan fingerprint density at radius 2 is 1.58 bits per heavy atom. The summed E-state index contributed by atoms with van der Waals surface area (Å²) < 4.78 is 41.4. The van der Waals surface area contributed by atoms with Gasteiger partial charge in [-0.25, -0.2) is 12.8 Å². The summed E-state index contributed by atoms with van der Waals surface area (Å²) in [5.41, 5.74) is 0.101. The van der Waals surface area contributed by atoms with Crippen molar-refractivity contribution >= 4 is 27.3 Å². The van der Waals surface area contributed by atoms with Gasteiger partial charge in [-0.1, -0.05) is 30.3 Å². The molecule has 1 amide bonds. The first kappa shape index (κ1) is 25.1. The number of carbonyl (C=O) groups is 1. The number of rotatable bonds is 8. The van der Waals surface area contributed by atoms with Gasteiger partial charge < -0.3 is 4.90 Å². The van der Waals surface area contributed by atoms with E-state index in [2.05, 4.69) is 0 Å². The van der Waals surface area contributed by atoms with Crippen molar-refractivity contribution in [1.29, 1.82) is 0 Å². The molecule has 0 aliphatic heterocycles.